The Hall–Kier alpha value is -0.670. The molecule has 1 aromatic carbocycles. The van der Waals surface area contributed by atoms with Crippen LogP contribution >= 0.6 is 0 Å². The van der Waals surface area contributed by atoms with Crippen molar-refractivity contribution in [3.63, 3.8) is 0 Å². The monoisotopic (exact) mass is 226 g/mol. The third-order valence-electron chi connectivity index (χ3n) is 2.38. The van der Waals surface area contributed by atoms with Crippen LogP contribution in [0.3, 0.4) is 0 Å². The van der Waals surface area contributed by atoms with Crippen molar-refractivity contribution in [2.75, 3.05) is 0 Å². The first-order valence-electron chi connectivity index (χ1n) is 5.37. The number of hydrogen-bond acceptors (Lipinski definition) is 1. The Morgan fingerprint density at radius 3 is 2.27 bits per heavy atom. The maximum Gasteiger partial charge on any atom is 0.157 e. The minimum atomic E-state index is -1.73. The Balaban J connectivity index is 2.45. The molecule has 0 heterocycles. The van der Waals surface area contributed by atoms with Gasteiger partial charge in [-0.3, -0.25) is 0 Å². The highest BCUT2D eigenvalue weighted by atomic mass is 32.2. The second-order valence-corrected chi connectivity index (χ2v) is 4.67. The van der Waals surface area contributed by atoms with E-state index in [4.69, 9.17) is 4.55 Å². The predicted octanol–water partition coefficient (Wildman–Crippen LogP) is 3.14. The van der Waals surface area contributed by atoms with E-state index >= 15 is 0 Å². The molecule has 1 N–H and O–H groups in total. The lowest BCUT2D eigenvalue weighted by atomic mass is 10.1. The van der Waals surface area contributed by atoms with Gasteiger partial charge in [0.1, 0.15) is 0 Å². The molecule has 1 unspecified atom stereocenters. The molecule has 0 aliphatic rings. The van der Waals surface area contributed by atoms with E-state index in [1.807, 2.05) is 12.1 Å². The number of rotatable bonds is 6. The van der Waals surface area contributed by atoms with Gasteiger partial charge >= 0.3 is 0 Å². The maximum atomic E-state index is 10.6. The van der Waals surface area contributed by atoms with E-state index in [-0.39, 0.29) is 5.75 Å². The summed E-state index contributed by atoms with van der Waals surface area (Å²) in [5.74, 6) is 0.231. The van der Waals surface area contributed by atoms with Crippen LogP contribution in [0.5, 0.6) is 0 Å². The molecule has 15 heavy (non-hydrogen) atoms. The van der Waals surface area contributed by atoms with Crippen molar-refractivity contribution >= 4 is 11.1 Å². The molecule has 1 atom stereocenters. The van der Waals surface area contributed by atoms with Crippen molar-refractivity contribution in [3.05, 3.63) is 35.4 Å². The zero-order chi connectivity index (χ0) is 11.1. The van der Waals surface area contributed by atoms with Gasteiger partial charge in [-0.2, -0.15) is 0 Å². The summed E-state index contributed by atoms with van der Waals surface area (Å²) < 4.78 is 19.3. The van der Waals surface area contributed by atoms with E-state index in [1.165, 1.54) is 24.8 Å². The van der Waals surface area contributed by atoms with Gasteiger partial charge in [0, 0.05) is 0 Å². The maximum absolute atomic E-state index is 10.6. The summed E-state index contributed by atoms with van der Waals surface area (Å²) >= 11 is -1.73. The smallest absolute Gasteiger partial charge is 0.157 e. The number of hydrogen-bond donors (Lipinski definition) is 1. The molecule has 0 aromatic heterocycles. The van der Waals surface area contributed by atoms with Crippen LogP contribution in [0, 0.1) is 0 Å². The third kappa shape index (κ3) is 5.09. The van der Waals surface area contributed by atoms with Crippen LogP contribution in [0.25, 0.3) is 0 Å². The lowest BCUT2D eigenvalue weighted by molar-refractivity contribution is 0.563. The zero-order valence-electron chi connectivity index (χ0n) is 9.11. The second-order valence-electron chi connectivity index (χ2n) is 3.74. The summed E-state index contributed by atoms with van der Waals surface area (Å²) in [6, 6.07) is 7.99. The fourth-order valence-corrected chi connectivity index (χ4v) is 2.00. The number of aryl methyl sites for hydroxylation is 1. The van der Waals surface area contributed by atoms with E-state index in [0.717, 1.165) is 12.0 Å². The summed E-state index contributed by atoms with van der Waals surface area (Å²) in [5, 5.41) is 0. The molecule has 0 amide bonds. The molecular weight excluding hydrogens is 208 g/mol. The van der Waals surface area contributed by atoms with E-state index in [0.29, 0.717) is 0 Å². The molecule has 2 nitrogen and oxygen atoms in total. The summed E-state index contributed by atoms with van der Waals surface area (Å²) in [6.45, 7) is 2.19. The highest BCUT2D eigenvalue weighted by molar-refractivity contribution is 7.78. The standard InChI is InChI=1S/C12H18O2S/c1-2-3-4-5-11-6-8-12(9-7-11)10-15(13)14/h6-9H,2-5,10H2,1H3,(H,13,14). The molecule has 0 bridgehead atoms. The molecular formula is C12H18O2S. The molecule has 1 aromatic rings. The highest BCUT2D eigenvalue weighted by Gasteiger charge is 1.98. The van der Waals surface area contributed by atoms with Gasteiger partial charge in [0.25, 0.3) is 0 Å². The van der Waals surface area contributed by atoms with Gasteiger partial charge in [0.05, 0.1) is 5.75 Å². The number of unbranched alkanes of at least 4 members (excludes halogenated alkanes) is 2. The van der Waals surface area contributed by atoms with Crippen LogP contribution in [0.15, 0.2) is 24.3 Å². The van der Waals surface area contributed by atoms with Crippen LogP contribution in [-0.4, -0.2) is 8.76 Å². The molecule has 0 aliphatic heterocycles. The van der Waals surface area contributed by atoms with Crippen LogP contribution < -0.4 is 0 Å². The fourth-order valence-electron chi connectivity index (χ4n) is 1.52. The Morgan fingerprint density at radius 1 is 1.13 bits per heavy atom. The molecule has 0 radical (unpaired) electrons. The highest BCUT2D eigenvalue weighted by Crippen LogP contribution is 2.09. The molecule has 0 spiro atoms. The van der Waals surface area contributed by atoms with E-state index in [9.17, 15) is 4.21 Å². The molecule has 0 aliphatic carbocycles. The largest absolute Gasteiger partial charge is 0.306 e. The van der Waals surface area contributed by atoms with Gasteiger partial charge in [-0.15, -0.1) is 0 Å². The van der Waals surface area contributed by atoms with Gasteiger partial charge < -0.3 is 4.55 Å². The van der Waals surface area contributed by atoms with Crippen molar-refractivity contribution in [2.45, 2.75) is 38.4 Å². The Labute approximate surface area is 94.0 Å². The Kier molecular flexibility index (Phi) is 5.58. The summed E-state index contributed by atoms with van der Waals surface area (Å²) in [5.41, 5.74) is 2.24. The van der Waals surface area contributed by atoms with Crippen molar-refractivity contribution in [3.8, 4) is 0 Å². The van der Waals surface area contributed by atoms with Crippen molar-refractivity contribution in [2.24, 2.45) is 0 Å². The summed E-state index contributed by atoms with van der Waals surface area (Å²) in [7, 11) is 0. The lowest BCUT2D eigenvalue weighted by Crippen LogP contribution is -1.93. The second kappa shape index (κ2) is 6.75. The minimum Gasteiger partial charge on any atom is -0.306 e. The Bertz CT molecular complexity index is 306. The van der Waals surface area contributed by atoms with E-state index < -0.39 is 11.1 Å². The molecule has 0 saturated carbocycles. The number of benzene rings is 1. The molecule has 0 saturated heterocycles. The Morgan fingerprint density at radius 2 is 1.73 bits per heavy atom. The molecule has 3 heteroatoms. The van der Waals surface area contributed by atoms with Crippen molar-refractivity contribution in [1.82, 2.24) is 0 Å². The van der Waals surface area contributed by atoms with Gasteiger partial charge in [0.2, 0.25) is 0 Å². The van der Waals surface area contributed by atoms with E-state index in [1.54, 1.807) is 0 Å². The normalized spacial score (nSPS) is 12.7. The first kappa shape index (κ1) is 12.4. The third-order valence-corrected chi connectivity index (χ3v) is 2.96. The lowest BCUT2D eigenvalue weighted by Gasteiger charge is -2.02. The predicted molar refractivity (Wildman–Crippen MR) is 64.1 cm³/mol. The van der Waals surface area contributed by atoms with Crippen molar-refractivity contribution < 1.29 is 8.76 Å². The minimum absolute atomic E-state index is 0.231. The molecule has 84 valence electrons. The van der Waals surface area contributed by atoms with Crippen LogP contribution in [0.2, 0.25) is 0 Å². The SMILES string of the molecule is CCCCCc1ccc(CS(=O)O)cc1. The first-order valence-corrected chi connectivity index (χ1v) is 6.65. The van der Waals surface area contributed by atoms with Crippen LogP contribution in [-0.2, 0) is 23.3 Å². The zero-order valence-corrected chi connectivity index (χ0v) is 9.93. The summed E-state index contributed by atoms with van der Waals surface area (Å²) in [6.07, 6.45) is 4.84. The average Bonchev–Trinajstić information content (AvgIpc) is 2.20. The quantitative estimate of drug-likeness (QED) is 0.597. The molecule has 0 fully saturated rings. The first-order chi connectivity index (χ1) is 7.22. The van der Waals surface area contributed by atoms with Gasteiger partial charge in [-0.05, 0) is 24.0 Å². The average molecular weight is 226 g/mol. The van der Waals surface area contributed by atoms with Crippen LogP contribution in [0.4, 0.5) is 0 Å². The summed E-state index contributed by atoms with van der Waals surface area (Å²) in [4.78, 5) is 0. The topological polar surface area (TPSA) is 37.3 Å². The van der Waals surface area contributed by atoms with Gasteiger partial charge in [-0.1, -0.05) is 44.0 Å². The fraction of sp³-hybridized carbons (Fsp3) is 0.500. The van der Waals surface area contributed by atoms with E-state index in [2.05, 4.69) is 19.1 Å². The van der Waals surface area contributed by atoms with Crippen molar-refractivity contribution in [1.29, 1.82) is 0 Å². The molecule has 1 rings (SSSR count). The van der Waals surface area contributed by atoms with Gasteiger partial charge in [0.15, 0.2) is 11.1 Å². The van der Waals surface area contributed by atoms with Crippen LogP contribution in [0.1, 0.15) is 37.3 Å². The van der Waals surface area contributed by atoms with Gasteiger partial charge in [-0.25, -0.2) is 4.21 Å².